The summed E-state index contributed by atoms with van der Waals surface area (Å²) >= 11 is 9.20. The lowest BCUT2D eigenvalue weighted by molar-refractivity contribution is 0.280. The summed E-state index contributed by atoms with van der Waals surface area (Å²) < 4.78 is 30.8. The number of hydrogen-bond acceptors (Lipinski definition) is 5. The predicted octanol–water partition coefficient (Wildman–Crippen LogP) is 3.22. The molecule has 114 valence electrons. The van der Waals surface area contributed by atoms with E-state index in [0.29, 0.717) is 16.8 Å². The normalized spacial score (nSPS) is 11.6. The number of benzene rings is 1. The van der Waals surface area contributed by atoms with Crippen LogP contribution < -0.4 is 4.74 Å². The molecule has 10 heteroatoms. The first kappa shape index (κ1) is 16.5. The van der Waals surface area contributed by atoms with Crippen molar-refractivity contribution in [2.24, 2.45) is 0 Å². The molecule has 1 heterocycles. The fourth-order valence-electron chi connectivity index (χ4n) is 1.66. The lowest BCUT2D eigenvalue weighted by atomic mass is 10.3. The van der Waals surface area contributed by atoms with Crippen molar-refractivity contribution in [1.29, 1.82) is 0 Å². The smallest absolute Gasteiger partial charge is 0.265 e. The van der Waals surface area contributed by atoms with E-state index in [4.69, 9.17) is 27.0 Å². The molecular formula is C11H10BrCl2N3O3S. The van der Waals surface area contributed by atoms with E-state index in [1.165, 1.54) is 18.5 Å². The highest BCUT2D eigenvalue weighted by Gasteiger charge is 2.21. The molecule has 0 aliphatic carbocycles. The number of nitrogens with zero attached hydrogens (tertiary/aromatic N) is 3. The maximum Gasteiger partial charge on any atom is 0.265 e. The summed E-state index contributed by atoms with van der Waals surface area (Å²) in [6.07, 6.45) is 1.39. The van der Waals surface area contributed by atoms with E-state index >= 15 is 0 Å². The predicted molar refractivity (Wildman–Crippen MR) is 82.2 cm³/mol. The molecule has 0 radical (unpaired) electrons. The van der Waals surface area contributed by atoms with Gasteiger partial charge in [-0.2, -0.15) is 5.10 Å². The van der Waals surface area contributed by atoms with Gasteiger partial charge in [-0.15, -0.1) is 0 Å². The largest absolute Gasteiger partial charge is 0.483 e. The third-order valence-electron chi connectivity index (χ3n) is 2.58. The van der Waals surface area contributed by atoms with Crippen molar-refractivity contribution in [2.75, 3.05) is 0 Å². The van der Waals surface area contributed by atoms with E-state index in [0.717, 1.165) is 0 Å². The molecule has 0 aliphatic rings. The summed E-state index contributed by atoms with van der Waals surface area (Å²) in [6, 6.07) is 2.85. The van der Waals surface area contributed by atoms with Gasteiger partial charge < -0.3 is 4.74 Å². The van der Waals surface area contributed by atoms with Crippen molar-refractivity contribution in [3.05, 3.63) is 33.8 Å². The van der Waals surface area contributed by atoms with Crippen LogP contribution in [0.3, 0.4) is 0 Å². The van der Waals surface area contributed by atoms with E-state index in [-0.39, 0.29) is 22.3 Å². The first-order chi connectivity index (χ1) is 9.82. The number of aromatic nitrogens is 3. The summed E-state index contributed by atoms with van der Waals surface area (Å²) in [5.74, 6) is 0.537. The zero-order valence-electron chi connectivity index (χ0n) is 10.8. The Hall–Kier alpha value is -0.830. The van der Waals surface area contributed by atoms with Crippen LogP contribution in [0.5, 0.6) is 5.75 Å². The summed E-state index contributed by atoms with van der Waals surface area (Å²) in [7, 11) is 1.41. The van der Waals surface area contributed by atoms with Gasteiger partial charge in [0.15, 0.2) is 11.6 Å². The lowest BCUT2D eigenvalue weighted by Crippen LogP contribution is -2.08. The number of aryl methyl sites for hydroxylation is 1. The van der Waals surface area contributed by atoms with Gasteiger partial charge in [-0.1, -0.05) is 27.5 Å². The molecule has 0 amide bonds. The highest BCUT2D eigenvalue weighted by atomic mass is 79.9. The van der Waals surface area contributed by atoms with Crippen LogP contribution in [0.15, 0.2) is 27.8 Å². The van der Waals surface area contributed by atoms with Crippen molar-refractivity contribution in [3.63, 3.8) is 0 Å². The Kier molecular flexibility index (Phi) is 5.13. The molecule has 0 atom stereocenters. The molecule has 1 aromatic carbocycles. The zero-order chi connectivity index (χ0) is 15.6. The molecule has 0 unspecified atom stereocenters. The summed E-state index contributed by atoms with van der Waals surface area (Å²) in [6.45, 7) is 2.54. The summed E-state index contributed by atoms with van der Waals surface area (Å²) in [5.41, 5.74) is 0. The maximum atomic E-state index is 11.6. The zero-order valence-corrected chi connectivity index (χ0v) is 14.7. The van der Waals surface area contributed by atoms with Crippen molar-refractivity contribution < 1.29 is 13.2 Å². The van der Waals surface area contributed by atoms with E-state index in [2.05, 4.69) is 26.0 Å². The summed E-state index contributed by atoms with van der Waals surface area (Å²) in [4.78, 5) is 3.83. The van der Waals surface area contributed by atoms with Gasteiger partial charge in [0.05, 0.1) is 5.02 Å². The van der Waals surface area contributed by atoms with Crippen LogP contribution in [-0.2, 0) is 22.2 Å². The number of halogens is 3. The van der Waals surface area contributed by atoms with Crippen LogP contribution in [0, 0.1) is 0 Å². The van der Waals surface area contributed by atoms with E-state index in [9.17, 15) is 8.42 Å². The molecule has 0 fully saturated rings. The summed E-state index contributed by atoms with van der Waals surface area (Å²) in [5, 5.41) is 4.13. The topological polar surface area (TPSA) is 74.1 Å². The quantitative estimate of drug-likeness (QED) is 0.702. The van der Waals surface area contributed by atoms with Gasteiger partial charge in [-0.25, -0.2) is 18.1 Å². The molecule has 1 aromatic heterocycles. The third-order valence-corrected chi connectivity index (χ3v) is 4.64. The van der Waals surface area contributed by atoms with Gasteiger partial charge in [0.25, 0.3) is 9.05 Å². The van der Waals surface area contributed by atoms with Crippen molar-refractivity contribution >= 4 is 47.3 Å². The SMILES string of the molecule is CCn1ncnc1COc1c(Cl)cc(Br)cc1S(=O)(=O)Cl. The van der Waals surface area contributed by atoms with Crippen LogP contribution >= 0.6 is 38.2 Å². The van der Waals surface area contributed by atoms with E-state index in [1.54, 1.807) is 4.68 Å². The van der Waals surface area contributed by atoms with Gasteiger partial charge in [0.2, 0.25) is 0 Å². The van der Waals surface area contributed by atoms with Crippen molar-refractivity contribution in [3.8, 4) is 5.75 Å². The Labute approximate surface area is 139 Å². The first-order valence-corrected chi connectivity index (χ1v) is 9.24. The molecular weight excluding hydrogens is 405 g/mol. The average molecular weight is 415 g/mol. The second-order valence-electron chi connectivity index (χ2n) is 3.93. The molecule has 21 heavy (non-hydrogen) atoms. The van der Waals surface area contributed by atoms with Gasteiger partial charge >= 0.3 is 0 Å². The van der Waals surface area contributed by atoms with Crippen LogP contribution in [-0.4, -0.2) is 23.2 Å². The van der Waals surface area contributed by atoms with Gasteiger partial charge in [-0.3, -0.25) is 0 Å². The molecule has 0 bridgehead atoms. The fourth-order valence-corrected chi connectivity index (χ4v) is 3.73. The number of hydrogen-bond donors (Lipinski definition) is 0. The second kappa shape index (κ2) is 6.51. The second-order valence-corrected chi connectivity index (χ2v) is 7.79. The Morgan fingerprint density at radius 2 is 2.14 bits per heavy atom. The Morgan fingerprint density at radius 1 is 1.43 bits per heavy atom. The van der Waals surface area contributed by atoms with Gasteiger partial charge in [0, 0.05) is 21.7 Å². The van der Waals surface area contributed by atoms with Gasteiger partial charge in [-0.05, 0) is 19.1 Å². The lowest BCUT2D eigenvalue weighted by Gasteiger charge is -2.12. The van der Waals surface area contributed by atoms with Crippen LogP contribution in [0.1, 0.15) is 12.7 Å². The minimum atomic E-state index is -4.00. The van der Waals surface area contributed by atoms with E-state index in [1.807, 2.05) is 6.92 Å². The molecule has 0 saturated heterocycles. The fraction of sp³-hybridized carbons (Fsp3) is 0.273. The molecule has 0 N–H and O–H groups in total. The Bertz CT molecular complexity index is 764. The van der Waals surface area contributed by atoms with Crippen LogP contribution in [0.2, 0.25) is 5.02 Å². The minimum absolute atomic E-state index is 0.0134. The van der Waals surface area contributed by atoms with Crippen LogP contribution in [0.4, 0.5) is 0 Å². The van der Waals surface area contributed by atoms with Crippen LogP contribution in [0.25, 0.3) is 0 Å². The highest BCUT2D eigenvalue weighted by Crippen LogP contribution is 2.37. The van der Waals surface area contributed by atoms with Crippen molar-refractivity contribution in [2.45, 2.75) is 25.0 Å². The van der Waals surface area contributed by atoms with Crippen molar-refractivity contribution in [1.82, 2.24) is 14.8 Å². The molecule has 0 spiro atoms. The first-order valence-electron chi connectivity index (χ1n) is 5.76. The monoisotopic (exact) mass is 413 g/mol. The third kappa shape index (κ3) is 3.88. The molecule has 0 saturated carbocycles. The molecule has 6 nitrogen and oxygen atoms in total. The average Bonchev–Trinajstić information content (AvgIpc) is 2.83. The highest BCUT2D eigenvalue weighted by molar-refractivity contribution is 9.10. The molecule has 2 rings (SSSR count). The minimum Gasteiger partial charge on any atom is -0.483 e. The number of ether oxygens (including phenoxy) is 1. The number of rotatable bonds is 5. The maximum absolute atomic E-state index is 11.6. The Balaban J connectivity index is 2.36. The molecule has 0 aliphatic heterocycles. The molecule has 2 aromatic rings. The van der Waals surface area contributed by atoms with Gasteiger partial charge in [0.1, 0.15) is 17.8 Å². The standard InChI is InChI=1S/C11H10BrCl2N3O3S/c1-2-17-10(15-6-16-17)5-20-11-8(13)3-7(12)4-9(11)21(14,18)19/h3-4,6H,2,5H2,1H3. The van der Waals surface area contributed by atoms with E-state index < -0.39 is 9.05 Å². The Morgan fingerprint density at radius 3 is 2.76 bits per heavy atom.